The van der Waals surface area contributed by atoms with Crippen LogP contribution in [0.4, 0.5) is 0 Å². The monoisotopic (exact) mass is 145 g/mol. The Balaban J connectivity index is 3.05. The third kappa shape index (κ3) is 0.597. The molecular formula is C3H2BrN2. The van der Waals surface area contributed by atoms with E-state index in [0.29, 0.717) is 0 Å². The average Bonchev–Trinajstić information content (AvgIpc) is 1.86. The summed E-state index contributed by atoms with van der Waals surface area (Å²) in [6.07, 6.45) is 4.22. The molecule has 1 aromatic heterocycles. The summed E-state index contributed by atoms with van der Waals surface area (Å²) < 4.78 is 0.794. The van der Waals surface area contributed by atoms with Gasteiger partial charge in [-0.2, -0.15) is 0 Å². The summed E-state index contributed by atoms with van der Waals surface area (Å²) in [6.45, 7) is 0. The first-order valence-corrected chi connectivity index (χ1v) is 2.26. The van der Waals surface area contributed by atoms with Crippen LogP contribution in [0, 0.1) is 6.33 Å². The van der Waals surface area contributed by atoms with Crippen LogP contribution in [0.1, 0.15) is 0 Å². The second-order valence-corrected chi connectivity index (χ2v) is 1.65. The SMILES string of the molecule is Brc1c[nH][c]n1. The van der Waals surface area contributed by atoms with Crippen LogP contribution in [0.2, 0.25) is 0 Å². The van der Waals surface area contributed by atoms with Gasteiger partial charge >= 0.3 is 0 Å². The van der Waals surface area contributed by atoms with E-state index in [1.165, 1.54) is 0 Å². The van der Waals surface area contributed by atoms with Gasteiger partial charge in [-0.1, -0.05) is 0 Å². The van der Waals surface area contributed by atoms with E-state index >= 15 is 0 Å². The Kier molecular flexibility index (Phi) is 0.919. The number of hydrogen-bond donors (Lipinski definition) is 1. The predicted molar refractivity (Wildman–Crippen MR) is 25.1 cm³/mol. The molecule has 0 atom stereocenters. The van der Waals surface area contributed by atoms with Gasteiger partial charge in [0, 0.05) is 6.20 Å². The van der Waals surface area contributed by atoms with Crippen molar-refractivity contribution in [2.45, 2.75) is 0 Å². The molecule has 1 radical (unpaired) electrons. The van der Waals surface area contributed by atoms with Gasteiger partial charge < -0.3 is 4.98 Å². The molecule has 3 heteroatoms. The first kappa shape index (κ1) is 3.87. The van der Waals surface area contributed by atoms with E-state index in [9.17, 15) is 0 Å². The molecular weight excluding hydrogens is 144 g/mol. The quantitative estimate of drug-likeness (QED) is 0.580. The zero-order chi connectivity index (χ0) is 4.41. The van der Waals surface area contributed by atoms with Gasteiger partial charge in [0.1, 0.15) is 4.60 Å². The number of rotatable bonds is 0. The molecule has 1 aromatic rings. The lowest BCUT2D eigenvalue weighted by Gasteiger charge is -1.60. The summed E-state index contributed by atoms with van der Waals surface area (Å²) in [6, 6.07) is 0. The summed E-state index contributed by atoms with van der Waals surface area (Å²) in [5.41, 5.74) is 0. The first-order valence-electron chi connectivity index (χ1n) is 1.46. The van der Waals surface area contributed by atoms with E-state index in [0.717, 1.165) is 4.60 Å². The van der Waals surface area contributed by atoms with Gasteiger partial charge in [0.15, 0.2) is 6.33 Å². The third-order valence-corrected chi connectivity index (χ3v) is 0.825. The van der Waals surface area contributed by atoms with E-state index in [2.05, 4.69) is 32.2 Å². The van der Waals surface area contributed by atoms with Crippen LogP contribution in [0.15, 0.2) is 10.8 Å². The number of aromatic amines is 1. The zero-order valence-corrected chi connectivity index (χ0v) is 4.49. The van der Waals surface area contributed by atoms with Gasteiger partial charge in [-0.3, -0.25) is 0 Å². The highest BCUT2D eigenvalue weighted by atomic mass is 79.9. The molecule has 0 unspecified atom stereocenters. The molecule has 0 fully saturated rings. The maximum absolute atomic E-state index is 3.65. The summed E-state index contributed by atoms with van der Waals surface area (Å²) in [5.74, 6) is 0. The molecule has 0 amide bonds. The number of H-pyrrole nitrogens is 1. The Hall–Kier alpha value is -0.310. The Morgan fingerprint density at radius 2 is 2.83 bits per heavy atom. The van der Waals surface area contributed by atoms with E-state index in [1.54, 1.807) is 6.20 Å². The Morgan fingerprint density at radius 3 is 3.00 bits per heavy atom. The van der Waals surface area contributed by atoms with Gasteiger partial charge in [-0.25, -0.2) is 4.98 Å². The lowest BCUT2D eigenvalue weighted by atomic mass is 11.0. The maximum atomic E-state index is 3.65. The molecule has 0 aliphatic rings. The van der Waals surface area contributed by atoms with Gasteiger partial charge in [0.2, 0.25) is 0 Å². The normalized spacial score (nSPS) is 8.83. The molecule has 0 bridgehead atoms. The summed E-state index contributed by atoms with van der Waals surface area (Å²) in [7, 11) is 0. The minimum Gasteiger partial charge on any atom is -0.341 e. The van der Waals surface area contributed by atoms with Gasteiger partial charge in [-0.15, -0.1) is 0 Å². The van der Waals surface area contributed by atoms with Crippen LogP contribution in [0.5, 0.6) is 0 Å². The van der Waals surface area contributed by atoms with Crippen molar-refractivity contribution in [2.24, 2.45) is 0 Å². The van der Waals surface area contributed by atoms with Gasteiger partial charge in [0.25, 0.3) is 0 Å². The molecule has 0 aliphatic heterocycles. The minimum absolute atomic E-state index is 0.794. The molecule has 0 saturated heterocycles. The van der Waals surface area contributed by atoms with E-state index in [1.807, 2.05) is 0 Å². The molecule has 1 N–H and O–H groups in total. The van der Waals surface area contributed by atoms with Crippen LogP contribution >= 0.6 is 15.9 Å². The van der Waals surface area contributed by atoms with Crippen LogP contribution in [-0.2, 0) is 0 Å². The van der Waals surface area contributed by atoms with Crippen LogP contribution < -0.4 is 0 Å². The summed E-state index contributed by atoms with van der Waals surface area (Å²) in [4.78, 5) is 6.30. The zero-order valence-electron chi connectivity index (χ0n) is 2.90. The van der Waals surface area contributed by atoms with Crippen molar-refractivity contribution < 1.29 is 0 Å². The standard InChI is InChI=1S/C3H2BrN2/c4-3-1-5-2-6-3/h1H,(H,5,6). The van der Waals surface area contributed by atoms with Crippen molar-refractivity contribution in [2.75, 3.05) is 0 Å². The summed E-state index contributed by atoms with van der Waals surface area (Å²) >= 11 is 3.11. The smallest absolute Gasteiger partial charge is 0.174 e. The molecule has 6 heavy (non-hydrogen) atoms. The lowest BCUT2D eigenvalue weighted by molar-refractivity contribution is 1.28. The second kappa shape index (κ2) is 1.43. The van der Waals surface area contributed by atoms with Crippen molar-refractivity contribution in [1.82, 2.24) is 9.97 Å². The Bertz CT molecular complexity index is 112. The summed E-state index contributed by atoms with van der Waals surface area (Å²) in [5, 5.41) is 0. The van der Waals surface area contributed by atoms with E-state index in [-0.39, 0.29) is 0 Å². The fourth-order valence-corrected chi connectivity index (χ4v) is 0.413. The minimum atomic E-state index is 0.794. The first-order chi connectivity index (χ1) is 2.89. The van der Waals surface area contributed by atoms with Crippen molar-refractivity contribution in [3.63, 3.8) is 0 Å². The van der Waals surface area contributed by atoms with Crippen LogP contribution in [0.25, 0.3) is 0 Å². The fourth-order valence-electron chi connectivity index (χ4n) is 0.210. The topological polar surface area (TPSA) is 28.7 Å². The fraction of sp³-hybridized carbons (Fsp3) is 0. The average molecular weight is 146 g/mol. The van der Waals surface area contributed by atoms with Crippen molar-refractivity contribution in [3.05, 3.63) is 17.1 Å². The molecule has 2 nitrogen and oxygen atoms in total. The maximum Gasteiger partial charge on any atom is 0.174 e. The number of aromatic nitrogens is 2. The highest BCUT2D eigenvalue weighted by Gasteiger charge is 1.78. The number of nitrogens with zero attached hydrogens (tertiary/aromatic N) is 1. The molecule has 1 heterocycles. The van der Waals surface area contributed by atoms with Crippen LogP contribution in [0.3, 0.4) is 0 Å². The highest BCUT2D eigenvalue weighted by molar-refractivity contribution is 9.10. The molecule has 0 aromatic carbocycles. The molecule has 1 rings (SSSR count). The highest BCUT2D eigenvalue weighted by Crippen LogP contribution is 1.97. The largest absolute Gasteiger partial charge is 0.341 e. The van der Waals surface area contributed by atoms with Crippen LogP contribution in [-0.4, -0.2) is 9.97 Å². The number of hydrogen-bond acceptors (Lipinski definition) is 1. The molecule has 31 valence electrons. The van der Waals surface area contributed by atoms with E-state index < -0.39 is 0 Å². The predicted octanol–water partition coefficient (Wildman–Crippen LogP) is 0.972. The van der Waals surface area contributed by atoms with Crippen molar-refractivity contribution in [1.29, 1.82) is 0 Å². The van der Waals surface area contributed by atoms with Gasteiger partial charge in [-0.05, 0) is 15.9 Å². The lowest BCUT2D eigenvalue weighted by Crippen LogP contribution is -1.51. The molecule has 0 aliphatic carbocycles. The van der Waals surface area contributed by atoms with Crippen molar-refractivity contribution in [3.8, 4) is 0 Å². The number of imidazole rings is 1. The van der Waals surface area contributed by atoms with Gasteiger partial charge in [0.05, 0.1) is 0 Å². The Labute approximate surface area is 43.7 Å². The number of halogens is 1. The second-order valence-electron chi connectivity index (χ2n) is 0.835. The molecule has 0 spiro atoms. The van der Waals surface area contributed by atoms with E-state index in [4.69, 9.17) is 0 Å². The number of nitrogens with one attached hydrogen (secondary N) is 1. The third-order valence-electron chi connectivity index (χ3n) is 0.419. The van der Waals surface area contributed by atoms with Crippen molar-refractivity contribution >= 4 is 15.9 Å². The Morgan fingerprint density at radius 1 is 2.00 bits per heavy atom. The molecule has 0 saturated carbocycles.